The van der Waals surface area contributed by atoms with Crippen molar-refractivity contribution in [3.05, 3.63) is 51.7 Å². The van der Waals surface area contributed by atoms with Crippen LogP contribution >= 0.6 is 11.3 Å². The molecule has 126 valence electrons. The number of hydrogen-bond donors (Lipinski definition) is 0. The van der Waals surface area contributed by atoms with Crippen molar-refractivity contribution < 1.29 is 14.3 Å². The predicted octanol–water partition coefficient (Wildman–Crippen LogP) is 3.75. The van der Waals surface area contributed by atoms with Crippen LogP contribution in [-0.2, 0) is 17.8 Å². The van der Waals surface area contributed by atoms with Crippen LogP contribution in [0, 0.1) is 0 Å². The fourth-order valence-electron chi connectivity index (χ4n) is 2.77. The summed E-state index contributed by atoms with van der Waals surface area (Å²) >= 11 is 1.78. The van der Waals surface area contributed by atoms with E-state index in [0.29, 0.717) is 24.7 Å². The van der Waals surface area contributed by atoms with Crippen LogP contribution < -0.4 is 9.47 Å². The van der Waals surface area contributed by atoms with E-state index in [4.69, 9.17) is 9.47 Å². The summed E-state index contributed by atoms with van der Waals surface area (Å²) in [6.07, 6.45) is 4.40. The number of amides is 1. The molecule has 0 saturated carbocycles. The van der Waals surface area contributed by atoms with Gasteiger partial charge in [-0.2, -0.15) is 0 Å². The third kappa shape index (κ3) is 3.62. The number of carbonyl (C=O) groups is 1. The minimum absolute atomic E-state index is 0.0414. The molecule has 0 saturated heterocycles. The van der Waals surface area contributed by atoms with Gasteiger partial charge in [0.1, 0.15) is 0 Å². The number of methoxy groups -OCH3 is 1. The van der Waals surface area contributed by atoms with Gasteiger partial charge in [0.05, 0.1) is 13.7 Å². The van der Waals surface area contributed by atoms with Gasteiger partial charge < -0.3 is 14.4 Å². The van der Waals surface area contributed by atoms with Crippen molar-refractivity contribution in [2.45, 2.75) is 19.9 Å². The molecule has 0 spiro atoms. The highest BCUT2D eigenvalue weighted by molar-refractivity contribution is 7.10. The van der Waals surface area contributed by atoms with Crippen LogP contribution in [0.2, 0.25) is 0 Å². The number of benzene rings is 1. The van der Waals surface area contributed by atoms with Crippen LogP contribution in [0.1, 0.15) is 22.9 Å². The Morgan fingerprint density at radius 2 is 2.21 bits per heavy atom. The van der Waals surface area contributed by atoms with Crippen molar-refractivity contribution in [1.82, 2.24) is 4.90 Å². The van der Waals surface area contributed by atoms with Crippen LogP contribution in [-0.4, -0.2) is 31.1 Å². The van der Waals surface area contributed by atoms with E-state index in [1.807, 2.05) is 36.1 Å². The Morgan fingerprint density at radius 1 is 1.33 bits per heavy atom. The van der Waals surface area contributed by atoms with Crippen LogP contribution in [0.25, 0.3) is 6.08 Å². The van der Waals surface area contributed by atoms with E-state index < -0.39 is 0 Å². The molecule has 3 rings (SSSR count). The second-order valence-corrected chi connectivity index (χ2v) is 6.56. The predicted molar refractivity (Wildman–Crippen MR) is 96.6 cm³/mol. The molecule has 24 heavy (non-hydrogen) atoms. The lowest BCUT2D eigenvalue weighted by molar-refractivity contribution is -0.126. The van der Waals surface area contributed by atoms with E-state index in [2.05, 4.69) is 11.4 Å². The monoisotopic (exact) mass is 343 g/mol. The molecule has 1 aromatic carbocycles. The zero-order valence-corrected chi connectivity index (χ0v) is 14.8. The lowest BCUT2D eigenvalue weighted by atomic mass is 10.1. The van der Waals surface area contributed by atoms with Crippen molar-refractivity contribution in [3.8, 4) is 11.5 Å². The van der Waals surface area contributed by atoms with Gasteiger partial charge in [-0.1, -0.05) is 6.07 Å². The molecule has 1 aromatic heterocycles. The molecular weight excluding hydrogens is 322 g/mol. The van der Waals surface area contributed by atoms with Crippen molar-refractivity contribution in [2.24, 2.45) is 0 Å². The summed E-state index contributed by atoms with van der Waals surface area (Å²) in [5.41, 5.74) is 2.19. The zero-order chi connectivity index (χ0) is 16.9. The zero-order valence-electron chi connectivity index (χ0n) is 14.0. The molecule has 2 aromatic rings. The summed E-state index contributed by atoms with van der Waals surface area (Å²) < 4.78 is 10.8. The first kappa shape index (κ1) is 16.6. The van der Waals surface area contributed by atoms with Crippen LogP contribution in [0.15, 0.2) is 35.7 Å². The summed E-state index contributed by atoms with van der Waals surface area (Å²) in [4.78, 5) is 15.7. The van der Waals surface area contributed by atoms with E-state index in [-0.39, 0.29) is 5.91 Å². The van der Waals surface area contributed by atoms with E-state index in [1.165, 1.54) is 10.4 Å². The summed E-state index contributed by atoms with van der Waals surface area (Å²) in [6.45, 7) is 4.00. The van der Waals surface area contributed by atoms with Gasteiger partial charge in [0, 0.05) is 24.0 Å². The Bertz CT molecular complexity index is 751. The first-order valence-electron chi connectivity index (χ1n) is 8.04. The molecule has 0 fully saturated rings. The van der Waals surface area contributed by atoms with Crippen LogP contribution in [0.5, 0.6) is 11.5 Å². The largest absolute Gasteiger partial charge is 0.493 e. The van der Waals surface area contributed by atoms with E-state index >= 15 is 0 Å². The van der Waals surface area contributed by atoms with Gasteiger partial charge in [-0.05, 0) is 54.1 Å². The number of thiophene rings is 1. The lowest BCUT2D eigenvalue weighted by Gasteiger charge is -2.25. The first-order valence-corrected chi connectivity index (χ1v) is 8.92. The maximum absolute atomic E-state index is 12.4. The molecule has 1 amide bonds. The number of carbonyl (C=O) groups excluding carboxylic acids is 1. The van der Waals surface area contributed by atoms with Crippen LogP contribution in [0.3, 0.4) is 0 Å². The second kappa shape index (κ2) is 7.53. The number of hydrogen-bond acceptors (Lipinski definition) is 4. The quantitative estimate of drug-likeness (QED) is 0.776. The number of ether oxygens (including phenoxy) is 2. The fraction of sp³-hybridized carbons (Fsp3) is 0.316. The van der Waals surface area contributed by atoms with Crippen molar-refractivity contribution in [2.75, 3.05) is 20.3 Å². The topological polar surface area (TPSA) is 38.8 Å². The van der Waals surface area contributed by atoms with Crippen molar-refractivity contribution in [3.63, 3.8) is 0 Å². The van der Waals surface area contributed by atoms with E-state index in [0.717, 1.165) is 18.5 Å². The van der Waals surface area contributed by atoms with Gasteiger partial charge in [-0.15, -0.1) is 11.3 Å². The second-order valence-electron chi connectivity index (χ2n) is 5.56. The Hall–Kier alpha value is -2.27. The number of nitrogens with zero attached hydrogens (tertiary/aromatic N) is 1. The van der Waals surface area contributed by atoms with Gasteiger partial charge >= 0.3 is 0 Å². The maximum atomic E-state index is 12.4. The van der Waals surface area contributed by atoms with Gasteiger partial charge in [-0.3, -0.25) is 4.79 Å². The van der Waals surface area contributed by atoms with E-state index in [1.54, 1.807) is 24.5 Å². The van der Waals surface area contributed by atoms with Gasteiger partial charge in [0.25, 0.3) is 0 Å². The number of rotatable bonds is 5. The molecule has 1 aliphatic heterocycles. The molecule has 5 heteroatoms. The summed E-state index contributed by atoms with van der Waals surface area (Å²) in [5, 5.41) is 2.10. The average Bonchev–Trinajstić information content (AvgIpc) is 3.08. The Labute approximate surface area is 146 Å². The molecule has 4 nitrogen and oxygen atoms in total. The summed E-state index contributed by atoms with van der Waals surface area (Å²) in [5.74, 6) is 1.43. The third-order valence-electron chi connectivity index (χ3n) is 4.03. The summed E-state index contributed by atoms with van der Waals surface area (Å²) in [7, 11) is 1.61. The molecule has 2 heterocycles. The Kier molecular flexibility index (Phi) is 5.20. The highest BCUT2D eigenvalue weighted by Gasteiger charge is 2.19. The molecule has 0 radical (unpaired) electrons. The van der Waals surface area contributed by atoms with Gasteiger partial charge in [0.15, 0.2) is 11.5 Å². The molecule has 0 atom stereocenters. The molecule has 0 N–H and O–H groups in total. The van der Waals surface area contributed by atoms with Gasteiger partial charge in [-0.25, -0.2) is 0 Å². The first-order chi connectivity index (χ1) is 11.7. The minimum atomic E-state index is 0.0414. The number of fused-ring (bicyclic) bond motifs is 1. The SMILES string of the molecule is CCOc1ccc(C=CC(=O)N2CCc3sccc3C2)cc1OC. The lowest BCUT2D eigenvalue weighted by Crippen LogP contribution is -2.34. The molecule has 0 bridgehead atoms. The Morgan fingerprint density at radius 3 is 3.00 bits per heavy atom. The van der Waals surface area contributed by atoms with Crippen molar-refractivity contribution in [1.29, 1.82) is 0 Å². The van der Waals surface area contributed by atoms with Crippen molar-refractivity contribution >= 4 is 23.3 Å². The smallest absolute Gasteiger partial charge is 0.246 e. The van der Waals surface area contributed by atoms with E-state index in [9.17, 15) is 4.79 Å². The molecule has 1 aliphatic rings. The standard InChI is InChI=1S/C19H21NO3S/c1-3-23-16-6-4-14(12-17(16)22-2)5-7-19(21)20-10-8-18-15(13-20)9-11-24-18/h4-7,9,11-12H,3,8,10,13H2,1-2H3. The molecule has 0 unspecified atom stereocenters. The normalized spacial score (nSPS) is 13.8. The Balaban J connectivity index is 1.68. The average molecular weight is 343 g/mol. The molecule has 0 aliphatic carbocycles. The summed E-state index contributed by atoms with van der Waals surface area (Å²) in [6, 6.07) is 7.78. The minimum Gasteiger partial charge on any atom is -0.493 e. The molecular formula is C19H21NO3S. The fourth-order valence-corrected chi connectivity index (χ4v) is 3.66. The maximum Gasteiger partial charge on any atom is 0.246 e. The highest BCUT2D eigenvalue weighted by Crippen LogP contribution is 2.28. The third-order valence-corrected chi connectivity index (χ3v) is 5.05. The van der Waals surface area contributed by atoms with Gasteiger partial charge in [0.2, 0.25) is 5.91 Å². The van der Waals surface area contributed by atoms with Crippen LogP contribution in [0.4, 0.5) is 0 Å². The highest BCUT2D eigenvalue weighted by atomic mass is 32.1.